The number of nitro benzene ring substituents is 1. The number of guanidine groups is 1. The van der Waals surface area contributed by atoms with E-state index in [2.05, 4.69) is 237 Å². The van der Waals surface area contributed by atoms with Gasteiger partial charge >= 0.3 is 29.1 Å². The maximum atomic E-state index is 12.0. The Balaban J connectivity index is 0.000000253. The molecule has 0 radical (unpaired) electrons. The van der Waals surface area contributed by atoms with Gasteiger partial charge in [0, 0.05) is 43.5 Å². The van der Waals surface area contributed by atoms with E-state index in [1.165, 1.54) is 177 Å². The number of alkyl halides is 1. The smallest absolute Gasteiger partial charge is 1.00 e. The summed E-state index contributed by atoms with van der Waals surface area (Å²) in [5.74, 6) is 8.92. The third-order valence-corrected chi connectivity index (χ3v) is 21.7. The van der Waals surface area contributed by atoms with Gasteiger partial charge in [-0.1, -0.05) is 248 Å². The first-order chi connectivity index (χ1) is 58.1. The number of carbonyl (C=O) groups excluding carboxylic acids is 1. The predicted molar refractivity (Wildman–Crippen MR) is 531 cm³/mol. The molecule has 0 atom stereocenters. The second-order valence-corrected chi connectivity index (χ2v) is 32.2. The van der Waals surface area contributed by atoms with E-state index in [0.717, 1.165) is 67.1 Å². The molecule has 0 saturated heterocycles. The Bertz CT molecular complexity index is 5790. The maximum Gasteiger partial charge on any atom is 2.00 e. The van der Waals surface area contributed by atoms with Crippen LogP contribution in [0.4, 0.5) is 37.6 Å². The number of ether oxygens (including phenoxy) is 1. The largest absolute Gasteiger partial charge is 2.00 e. The molecular weight excluding hydrogens is 1790 g/mol. The van der Waals surface area contributed by atoms with Crippen LogP contribution < -0.4 is 51.1 Å². The number of aliphatic imine (C=N–C) groups is 1. The van der Waals surface area contributed by atoms with Gasteiger partial charge < -0.3 is 62.1 Å². The van der Waals surface area contributed by atoms with Crippen LogP contribution in [0.25, 0.3) is 75.4 Å². The van der Waals surface area contributed by atoms with Crippen LogP contribution in [0.5, 0.6) is 0 Å². The molecule has 7 saturated carbocycles. The van der Waals surface area contributed by atoms with Crippen molar-refractivity contribution in [3.63, 3.8) is 0 Å². The van der Waals surface area contributed by atoms with Gasteiger partial charge in [-0.3, -0.25) is 19.8 Å². The van der Waals surface area contributed by atoms with Crippen molar-refractivity contribution in [3.8, 4) is 0 Å². The molecule has 125 heavy (non-hydrogen) atoms. The standard InChI is InChI=1S/C18H21NO2.C14H11NS.C13H11NO2.2C13H13N.C13H12.C10H7Br.C3H5.CH3F.CH6N4.CH4.BrH.3ClH.Mg.HNO3/c1-18(2,3)21-17(20)19-16-11-10-13(12-8-9-12)14-6-4-5-7-15(14)16;16-9-15-14-8-7-11(10-5-6-10)12-3-1-2-4-13(12)14;15-14(16)13-8-7-10(9-5-6-9)11-3-1-2-4-12(11)13;2*14-13-8-7-10(9-5-6-9)11-3-1-2-4-12(11)13;1-2-6-12-10(4-1)5-3-7-13(12)11-8-9-11;11-10-7-3-5-8-4-1-2-6-9(8)10;1-2-3-1;1-2;2-1(3)5-4;;;;;;;2-1(3)4/h4-7,10-12H,8-9H2,1-3H3,(H,19,20);1-4,7-8,10H,5-6H2;1-4,7-9H,5-6H2;2*1-4,7-9H,5-6,14H2;1-7,11H,8-9H2;1-7H;1H,2-3H2;1H3;4H2,(H4,2,3,5);1H4;4*1H;;(H,2,3,4)/q;;;;;;;-1;;;;;;;;+2;/p-1/i;;;;;;;;1D;;;;;;;;. The Labute approximate surface area is 792 Å². The summed E-state index contributed by atoms with van der Waals surface area (Å²) in [4.78, 5) is 35.1. The molecule has 12 N–H and O–H groups in total. The first-order valence-electron chi connectivity index (χ1n) is 41.0. The van der Waals surface area contributed by atoms with Crippen LogP contribution in [-0.2, 0) is 4.74 Å². The first-order valence-corrected chi connectivity index (χ1v) is 41.5. The molecule has 21 rings (SSSR count). The molecule has 652 valence electrons. The minimum Gasteiger partial charge on any atom is -1.00 e. The number of nitrogens with one attached hydrogen (secondary N) is 1. The third-order valence-electron chi connectivity index (χ3n) is 20.9. The molecule has 14 aromatic carbocycles. The van der Waals surface area contributed by atoms with Crippen LogP contribution >= 0.6 is 65.4 Å². The molecule has 7 aliphatic carbocycles. The van der Waals surface area contributed by atoms with E-state index in [1.807, 2.05) is 106 Å². The van der Waals surface area contributed by atoms with Crippen LogP contribution in [0.2, 0.25) is 0 Å². The van der Waals surface area contributed by atoms with Gasteiger partial charge in [-0.05, 0) is 264 Å². The summed E-state index contributed by atoms with van der Waals surface area (Å²) in [5.41, 5.74) is 33.1. The van der Waals surface area contributed by atoms with Crippen molar-refractivity contribution < 1.29 is 47.5 Å². The monoisotopic (exact) mass is 1900 g/mol. The number of anilines is 3. The summed E-state index contributed by atoms with van der Waals surface area (Å²) in [6.45, 7) is 5.59. The van der Waals surface area contributed by atoms with Crippen LogP contribution in [-0.4, -0.2) is 68.2 Å². The minimum atomic E-state index is -1.50. The topological polar surface area (TPSA) is 300 Å². The van der Waals surface area contributed by atoms with Gasteiger partial charge in [-0.2, -0.15) is 4.99 Å². The number of hydrogen-bond acceptors (Lipinski definition) is 12. The molecule has 0 aromatic heterocycles. The van der Waals surface area contributed by atoms with Gasteiger partial charge in [-0.25, -0.2) is 17.6 Å². The molecule has 25 heteroatoms. The van der Waals surface area contributed by atoms with E-state index in [4.69, 9.17) is 44.4 Å². The maximum absolute atomic E-state index is 12.0. The fourth-order valence-electron chi connectivity index (χ4n) is 14.4. The number of benzene rings is 14. The fourth-order valence-corrected chi connectivity index (χ4v) is 15.0. The number of fused-ring (bicyclic) bond motifs is 7. The SMILES string of the molecule is Brc1cccc2ccccc12.C.CC(C)(C)OC(=O)Nc1ccc(C2CC2)c2ccccc12.Cl.Cl.Cl.NN=C(N)N.Nc1ccc(C2CC2)c2ccccc12.Nc1ccc(C2CC2)c2ccccc12.O=[N+]([O-])O.O=[N+]([O-])c1ccc(C2CC2)c2ccccc12.S=C=Nc1ccc(C2CC2)c2ccccc12.[2H]CF.[Br-].[CH-]1CC1.[Mg+2].c1ccc2c(C3CC3)cccc2c1. The van der Waals surface area contributed by atoms with Crippen molar-refractivity contribution in [1.29, 1.82) is 0 Å². The van der Waals surface area contributed by atoms with E-state index in [9.17, 15) is 19.3 Å². The fraction of sp³-hybridized carbons (Fsp3) is 0.260. The van der Waals surface area contributed by atoms with Gasteiger partial charge in [0.15, 0.2) is 0 Å². The Hall–Kier alpha value is -10.2. The number of nitro groups is 1. The number of carbonyl (C=O) groups is 1. The quantitative estimate of drug-likeness (QED) is 0.00815. The van der Waals surface area contributed by atoms with Crippen LogP contribution in [0, 0.1) is 26.6 Å². The average molecular weight is 1910 g/mol. The number of isothiocyanates is 1. The summed E-state index contributed by atoms with van der Waals surface area (Å²) < 4.78 is 22.0. The molecule has 0 unspecified atom stereocenters. The zero-order valence-electron chi connectivity index (χ0n) is 70.6. The number of hydrazone groups is 1. The zero-order valence-corrected chi connectivity index (χ0v) is 77.4. The molecule has 7 aliphatic rings. The molecule has 1 amide bonds. The molecule has 17 nitrogen and oxygen atoms in total. The average Bonchev–Trinajstić information content (AvgIpc) is 1.52. The van der Waals surface area contributed by atoms with Crippen molar-refractivity contribution in [2.45, 2.75) is 159 Å². The van der Waals surface area contributed by atoms with E-state index in [0.29, 0.717) is 11.8 Å². The van der Waals surface area contributed by atoms with Crippen LogP contribution in [0.15, 0.2) is 281 Å². The summed E-state index contributed by atoms with van der Waals surface area (Å²) >= 11 is 8.17. The number of nitrogens with two attached hydrogens (primary N) is 5. The van der Waals surface area contributed by atoms with Crippen LogP contribution in [0.1, 0.15) is 188 Å². The number of nitrogen functional groups attached to an aromatic ring is 2. The first kappa shape index (κ1) is 104. The molecule has 14 aromatic rings. The number of halogens is 6. The summed E-state index contributed by atoms with van der Waals surface area (Å²) in [6.07, 6.45) is 20.3. The second-order valence-electron chi connectivity index (χ2n) is 31.2. The minimum absolute atomic E-state index is 0. The predicted octanol–water partition coefficient (Wildman–Crippen LogP) is 24.9. The Morgan fingerprint density at radius 3 is 1.15 bits per heavy atom. The molecule has 0 aliphatic heterocycles. The van der Waals surface area contributed by atoms with Gasteiger partial charge in [0.25, 0.3) is 10.8 Å². The zero-order chi connectivity index (χ0) is 85.2. The Morgan fingerprint density at radius 2 is 0.784 bits per heavy atom. The van der Waals surface area contributed by atoms with Crippen LogP contribution in [0.3, 0.4) is 0 Å². The van der Waals surface area contributed by atoms with Gasteiger partial charge in [-0.15, -0.1) is 52.4 Å². The third kappa shape index (κ3) is 31.4. The molecule has 7 fully saturated rings. The van der Waals surface area contributed by atoms with Crippen molar-refractivity contribution in [3.05, 3.63) is 331 Å². The molecule has 0 spiro atoms. The summed E-state index contributed by atoms with van der Waals surface area (Å²) in [7, 11) is -1.00. The number of thiocarbonyl (C=S) groups is 1. The van der Waals surface area contributed by atoms with Gasteiger partial charge in [0.2, 0.25) is 5.96 Å². The molecule has 0 heterocycles. The second kappa shape index (κ2) is 51.4. The van der Waals surface area contributed by atoms with E-state index in [1.54, 1.807) is 11.6 Å². The van der Waals surface area contributed by atoms with Gasteiger partial charge in [0.05, 0.1) is 35.4 Å². The Kier molecular flexibility index (Phi) is 42.6. The van der Waals surface area contributed by atoms with Crippen molar-refractivity contribution in [1.82, 2.24) is 0 Å². The normalized spacial score (nSPS) is 13.7. The Morgan fingerprint density at radius 1 is 0.496 bits per heavy atom. The molecular formula is C100H110Br2Cl3FMgN10O7S. The number of amides is 1. The van der Waals surface area contributed by atoms with Crippen molar-refractivity contribution >= 4 is 209 Å². The summed E-state index contributed by atoms with van der Waals surface area (Å²) in [6, 6.07) is 91.3. The van der Waals surface area contributed by atoms with E-state index < -0.39 is 23.9 Å². The van der Waals surface area contributed by atoms with Crippen molar-refractivity contribution in [2.24, 2.45) is 27.4 Å². The number of rotatable bonds is 9. The number of non-ortho nitro benzene ring substituents is 1. The number of hydrogen-bond donors (Lipinski definition) is 7. The van der Waals surface area contributed by atoms with E-state index >= 15 is 0 Å². The molecule has 0 bridgehead atoms. The van der Waals surface area contributed by atoms with Gasteiger partial charge in [0.1, 0.15) is 5.60 Å². The van der Waals surface area contributed by atoms with E-state index in [-0.39, 0.29) is 101 Å². The summed E-state index contributed by atoms with van der Waals surface area (Å²) in [5, 5.41) is 49.8. The number of nitrogens with zero attached hydrogens (tertiary/aromatic N) is 4. The van der Waals surface area contributed by atoms with Crippen molar-refractivity contribution in [2.75, 3.05) is 23.9 Å².